The van der Waals surface area contributed by atoms with E-state index in [1.807, 2.05) is 11.8 Å². The van der Waals surface area contributed by atoms with E-state index in [9.17, 15) is 0 Å². The lowest BCUT2D eigenvalue weighted by molar-refractivity contribution is 0.865. The van der Waals surface area contributed by atoms with Gasteiger partial charge in [-0.3, -0.25) is 0 Å². The first-order chi connectivity index (χ1) is 8.33. The molecule has 1 aliphatic heterocycles. The maximum Gasteiger partial charge on any atom is 0.0689 e. The lowest BCUT2D eigenvalue weighted by Crippen LogP contribution is -2.25. The SMILES string of the molecule is Cc1cccc(N2CSc3ccccc3C2)c1. The average Bonchev–Trinajstić information content (AvgIpc) is 2.38. The Morgan fingerprint density at radius 2 is 1.94 bits per heavy atom. The fourth-order valence-corrected chi connectivity index (χ4v) is 3.19. The minimum Gasteiger partial charge on any atom is -0.358 e. The van der Waals surface area contributed by atoms with E-state index in [1.54, 1.807) is 0 Å². The summed E-state index contributed by atoms with van der Waals surface area (Å²) < 4.78 is 0. The number of fused-ring (bicyclic) bond motifs is 1. The molecule has 86 valence electrons. The molecule has 0 bridgehead atoms. The van der Waals surface area contributed by atoms with E-state index in [-0.39, 0.29) is 0 Å². The Morgan fingerprint density at radius 1 is 1.06 bits per heavy atom. The molecule has 0 aromatic heterocycles. The summed E-state index contributed by atoms with van der Waals surface area (Å²) in [5.74, 6) is 1.04. The number of benzene rings is 2. The van der Waals surface area contributed by atoms with E-state index in [0.717, 1.165) is 12.4 Å². The molecule has 2 heteroatoms. The van der Waals surface area contributed by atoms with Crippen molar-refractivity contribution in [1.29, 1.82) is 0 Å². The lowest BCUT2D eigenvalue weighted by atomic mass is 10.1. The molecule has 0 spiro atoms. The van der Waals surface area contributed by atoms with Crippen molar-refractivity contribution in [2.24, 2.45) is 0 Å². The van der Waals surface area contributed by atoms with Gasteiger partial charge in [-0.1, -0.05) is 30.3 Å². The normalized spacial score (nSPS) is 14.5. The van der Waals surface area contributed by atoms with E-state index in [0.29, 0.717) is 0 Å². The van der Waals surface area contributed by atoms with Crippen molar-refractivity contribution in [3.63, 3.8) is 0 Å². The molecule has 1 nitrogen and oxygen atoms in total. The van der Waals surface area contributed by atoms with Gasteiger partial charge in [-0.05, 0) is 36.2 Å². The lowest BCUT2D eigenvalue weighted by Gasteiger charge is -2.30. The van der Waals surface area contributed by atoms with Crippen LogP contribution >= 0.6 is 11.8 Å². The monoisotopic (exact) mass is 241 g/mol. The molecular formula is C15H15NS. The Morgan fingerprint density at radius 3 is 2.82 bits per heavy atom. The smallest absolute Gasteiger partial charge is 0.0689 e. The third kappa shape index (κ3) is 2.18. The van der Waals surface area contributed by atoms with Crippen LogP contribution in [0.3, 0.4) is 0 Å². The van der Waals surface area contributed by atoms with Crippen molar-refractivity contribution in [3.8, 4) is 0 Å². The van der Waals surface area contributed by atoms with Gasteiger partial charge in [0, 0.05) is 17.1 Å². The molecule has 0 aliphatic carbocycles. The zero-order chi connectivity index (χ0) is 11.7. The molecule has 1 heterocycles. The van der Waals surface area contributed by atoms with Crippen LogP contribution in [-0.2, 0) is 6.54 Å². The van der Waals surface area contributed by atoms with Gasteiger partial charge in [-0.2, -0.15) is 0 Å². The zero-order valence-corrected chi connectivity index (χ0v) is 10.7. The second kappa shape index (κ2) is 4.46. The van der Waals surface area contributed by atoms with Crippen LogP contribution in [0.15, 0.2) is 53.4 Å². The molecule has 2 aromatic rings. The minimum absolute atomic E-state index is 1.02. The van der Waals surface area contributed by atoms with Gasteiger partial charge in [0.15, 0.2) is 0 Å². The molecule has 3 rings (SSSR count). The molecule has 0 amide bonds. The van der Waals surface area contributed by atoms with Crippen LogP contribution in [0.1, 0.15) is 11.1 Å². The van der Waals surface area contributed by atoms with Crippen LogP contribution in [0.5, 0.6) is 0 Å². The number of hydrogen-bond acceptors (Lipinski definition) is 2. The Balaban J connectivity index is 1.89. The van der Waals surface area contributed by atoms with Gasteiger partial charge in [-0.25, -0.2) is 0 Å². The van der Waals surface area contributed by atoms with Crippen molar-refractivity contribution in [2.75, 3.05) is 10.8 Å². The molecule has 2 aromatic carbocycles. The van der Waals surface area contributed by atoms with E-state index in [1.165, 1.54) is 21.7 Å². The maximum absolute atomic E-state index is 2.43. The predicted octanol–water partition coefficient (Wildman–Crippen LogP) is 4.06. The van der Waals surface area contributed by atoms with Gasteiger partial charge in [0.1, 0.15) is 0 Å². The van der Waals surface area contributed by atoms with Crippen LogP contribution < -0.4 is 4.90 Å². The van der Waals surface area contributed by atoms with E-state index < -0.39 is 0 Å². The van der Waals surface area contributed by atoms with Crippen molar-refractivity contribution in [3.05, 3.63) is 59.7 Å². The second-order valence-electron chi connectivity index (χ2n) is 4.42. The molecule has 0 N–H and O–H groups in total. The van der Waals surface area contributed by atoms with E-state index >= 15 is 0 Å². The summed E-state index contributed by atoms with van der Waals surface area (Å²) in [6.07, 6.45) is 0. The van der Waals surface area contributed by atoms with Crippen LogP contribution in [0.4, 0.5) is 5.69 Å². The van der Waals surface area contributed by atoms with E-state index in [4.69, 9.17) is 0 Å². The zero-order valence-electron chi connectivity index (χ0n) is 9.89. The van der Waals surface area contributed by atoms with Gasteiger partial charge in [0.05, 0.1) is 5.88 Å². The van der Waals surface area contributed by atoms with Crippen molar-refractivity contribution >= 4 is 17.4 Å². The van der Waals surface area contributed by atoms with Crippen LogP contribution in [-0.4, -0.2) is 5.88 Å². The molecule has 0 fully saturated rings. The fourth-order valence-electron chi connectivity index (χ4n) is 2.16. The summed E-state index contributed by atoms with van der Waals surface area (Å²) in [4.78, 5) is 3.86. The van der Waals surface area contributed by atoms with Crippen molar-refractivity contribution in [1.82, 2.24) is 0 Å². The quantitative estimate of drug-likeness (QED) is 0.740. The molecule has 0 saturated carbocycles. The second-order valence-corrected chi connectivity index (χ2v) is 5.40. The number of rotatable bonds is 1. The van der Waals surface area contributed by atoms with Gasteiger partial charge < -0.3 is 4.90 Å². The third-order valence-electron chi connectivity index (χ3n) is 3.08. The fraction of sp³-hybridized carbons (Fsp3) is 0.200. The van der Waals surface area contributed by atoms with Crippen LogP contribution in [0, 0.1) is 6.92 Å². The summed E-state index contributed by atoms with van der Waals surface area (Å²) in [5, 5.41) is 0. The topological polar surface area (TPSA) is 3.24 Å². The summed E-state index contributed by atoms with van der Waals surface area (Å²) >= 11 is 1.92. The molecule has 1 aliphatic rings. The Kier molecular flexibility index (Phi) is 2.81. The summed E-state index contributed by atoms with van der Waals surface area (Å²) in [5.41, 5.74) is 4.09. The van der Waals surface area contributed by atoms with Crippen molar-refractivity contribution in [2.45, 2.75) is 18.4 Å². The van der Waals surface area contributed by atoms with Crippen LogP contribution in [0.2, 0.25) is 0 Å². The van der Waals surface area contributed by atoms with Crippen LogP contribution in [0.25, 0.3) is 0 Å². The molecule has 0 radical (unpaired) electrons. The molecule has 17 heavy (non-hydrogen) atoms. The Hall–Kier alpha value is -1.41. The Labute approximate surface area is 106 Å². The highest BCUT2D eigenvalue weighted by atomic mass is 32.2. The Bertz CT molecular complexity index is 536. The first-order valence-corrected chi connectivity index (χ1v) is 6.84. The minimum atomic E-state index is 1.02. The van der Waals surface area contributed by atoms with Gasteiger partial charge in [0.25, 0.3) is 0 Å². The standard InChI is InChI=1S/C15H15NS/c1-12-5-4-7-14(9-12)16-10-13-6-2-3-8-15(13)17-11-16/h2-9H,10-11H2,1H3. The van der Waals surface area contributed by atoms with E-state index in [2.05, 4.69) is 60.4 Å². The van der Waals surface area contributed by atoms with Gasteiger partial charge >= 0.3 is 0 Å². The molecule has 0 unspecified atom stereocenters. The first-order valence-electron chi connectivity index (χ1n) is 5.85. The number of nitrogens with zero attached hydrogens (tertiary/aromatic N) is 1. The number of thioether (sulfide) groups is 1. The largest absolute Gasteiger partial charge is 0.358 e. The first kappa shape index (κ1) is 10.7. The number of hydrogen-bond donors (Lipinski definition) is 0. The highest BCUT2D eigenvalue weighted by Crippen LogP contribution is 2.32. The predicted molar refractivity (Wildman–Crippen MR) is 74.5 cm³/mol. The number of anilines is 1. The van der Waals surface area contributed by atoms with Crippen molar-refractivity contribution < 1.29 is 0 Å². The third-order valence-corrected chi connectivity index (χ3v) is 4.23. The molecule has 0 atom stereocenters. The maximum atomic E-state index is 2.43. The summed E-state index contributed by atoms with van der Waals surface area (Å²) in [6.45, 7) is 3.17. The highest BCUT2D eigenvalue weighted by Gasteiger charge is 2.16. The average molecular weight is 241 g/mol. The molecular weight excluding hydrogens is 226 g/mol. The number of aryl methyl sites for hydroxylation is 1. The molecule has 0 saturated heterocycles. The van der Waals surface area contributed by atoms with Gasteiger partial charge in [-0.15, -0.1) is 11.8 Å². The van der Waals surface area contributed by atoms with Gasteiger partial charge in [0.2, 0.25) is 0 Å². The summed E-state index contributed by atoms with van der Waals surface area (Å²) in [7, 11) is 0. The highest BCUT2D eigenvalue weighted by molar-refractivity contribution is 7.99. The summed E-state index contributed by atoms with van der Waals surface area (Å²) in [6, 6.07) is 17.4.